The molecule has 0 aliphatic carbocycles. The van der Waals surface area contributed by atoms with Gasteiger partial charge in [-0.1, -0.05) is 11.6 Å². The van der Waals surface area contributed by atoms with Crippen LogP contribution in [0.4, 0.5) is 5.69 Å². The Balaban J connectivity index is 2.14. The summed E-state index contributed by atoms with van der Waals surface area (Å²) >= 11 is 5.63. The van der Waals surface area contributed by atoms with Crippen LogP contribution < -0.4 is 5.32 Å². The number of pyridine rings is 1. The summed E-state index contributed by atoms with van der Waals surface area (Å²) in [5.41, 5.74) is -0.721. The van der Waals surface area contributed by atoms with Crippen molar-refractivity contribution in [2.75, 3.05) is 12.3 Å². The smallest absolute Gasteiger partial charge is 0.300 e. The van der Waals surface area contributed by atoms with Crippen molar-refractivity contribution >= 4 is 33.0 Å². The Morgan fingerprint density at radius 2 is 2.29 bits per heavy atom. The Labute approximate surface area is 125 Å². The van der Waals surface area contributed by atoms with E-state index >= 15 is 0 Å². The average molecular weight is 334 g/mol. The fraction of sp³-hybridized carbons (Fsp3) is 0.455. The maximum atomic E-state index is 12.0. The van der Waals surface area contributed by atoms with E-state index in [9.17, 15) is 23.3 Å². The minimum atomic E-state index is -3.19. The molecule has 1 unspecified atom stereocenters. The Morgan fingerprint density at radius 1 is 1.57 bits per heavy atom. The molecule has 1 atom stereocenters. The molecule has 0 aromatic carbocycles. The van der Waals surface area contributed by atoms with Gasteiger partial charge in [0.1, 0.15) is 16.9 Å². The minimum Gasteiger partial charge on any atom is -0.351 e. The predicted octanol–water partition coefficient (Wildman–Crippen LogP) is 0.950. The van der Waals surface area contributed by atoms with Crippen LogP contribution in [0.2, 0.25) is 5.15 Å². The van der Waals surface area contributed by atoms with Gasteiger partial charge in [0, 0.05) is 6.54 Å². The molecule has 2 heterocycles. The number of nitro groups is 1. The van der Waals surface area contributed by atoms with Crippen molar-refractivity contribution in [1.29, 1.82) is 0 Å². The maximum absolute atomic E-state index is 12.0. The molecule has 1 saturated heterocycles. The number of halogens is 1. The molecule has 8 nitrogen and oxygen atoms in total. The lowest BCUT2D eigenvalue weighted by molar-refractivity contribution is -0.385. The predicted molar refractivity (Wildman–Crippen MR) is 75.0 cm³/mol. The van der Waals surface area contributed by atoms with Gasteiger partial charge in [-0.25, -0.2) is 13.4 Å². The van der Waals surface area contributed by atoms with Crippen LogP contribution in [0.1, 0.15) is 23.2 Å². The van der Waals surface area contributed by atoms with E-state index in [1.807, 2.05) is 0 Å². The van der Waals surface area contributed by atoms with Gasteiger partial charge >= 0.3 is 0 Å². The number of carbonyl (C=O) groups excluding carboxylic acids is 1. The molecular weight excluding hydrogens is 322 g/mol. The molecule has 1 N–H and O–H groups in total. The monoisotopic (exact) mass is 333 g/mol. The fourth-order valence-corrected chi connectivity index (χ4v) is 4.06. The van der Waals surface area contributed by atoms with E-state index in [1.165, 1.54) is 0 Å². The second-order valence-corrected chi connectivity index (χ2v) is 7.41. The third-order valence-electron chi connectivity index (χ3n) is 3.24. The molecule has 0 saturated carbocycles. The normalized spacial score (nSPS) is 20.1. The second kappa shape index (κ2) is 5.94. The van der Waals surface area contributed by atoms with Crippen molar-refractivity contribution in [1.82, 2.24) is 10.3 Å². The lowest BCUT2D eigenvalue weighted by Crippen LogP contribution is -2.34. The molecule has 1 aromatic rings. The van der Waals surface area contributed by atoms with E-state index in [1.54, 1.807) is 0 Å². The summed E-state index contributed by atoms with van der Waals surface area (Å²) in [5, 5.41) is 12.6. The van der Waals surface area contributed by atoms with Gasteiger partial charge in [-0.3, -0.25) is 14.9 Å². The number of hydrogen-bond acceptors (Lipinski definition) is 6. The zero-order chi connectivity index (χ0) is 15.6. The van der Waals surface area contributed by atoms with Crippen LogP contribution in [-0.2, 0) is 9.84 Å². The topological polar surface area (TPSA) is 119 Å². The maximum Gasteiger partial charge on any atom is 0.300 e. The van der Waals surface area contributed by atoms with Crippen LogP contribution in [0.5, 0.6) is 0 Å². The van der Waals surface area contributed by atoms with Crippen LogP contribution in [0.15, 0.2) is 12.3 Å². The average Bonchev–Trinajstić information content (AvgIpc) is 2.74. The SMILES string of the molecule is O=C(NCC1CCCS1(=O)=O)c1cc(Cl)ncc1[N+](=O)[O-]. The zero-order valence-corrected chi connectivity index (χ0v) is 12.4. The van der Waals surface area contributed by atoms with Crippen LogP contribution in [-0.4, -0.2) is 41.8 Å². The van der Waals surface area contributed by atoms with Crippen molar-refractivity contribution < 1.29 is 18.1 Å². The number of aromatic nitrogens is 1. The molecule has 1 aromatic heterocycles. The number of carbonyl (C=O) groups is 1. The molecule has 2 rings (SSSR count). The number of nitrogens with zero attached hydrogens (tertiary/aromatic N) is 2. The molecule has 114 valence electrons. The number of sulfone groups is 1. The van der Waals surface area contributed by atoms with Gasteiger partial charge in [-0.2, -0.15) is 0 Å². The van der Waals surface area contributed by atoms with Crippen molar-refractivity contribution in [2.45, 2.75) is 18.1 Å². The largest absolute Gasteiger partial charge is 0.351 e. The van der Waals surface area contributed by atoms with Crippen LogP contribution in [0.25, 0.3) is 0 Å². The highest BCUT2D eigenvalue weighted by atomic mass is 35.5. The standard InChI is InChI=1S/C11H12ClN3O5S/c12-10-4-8(9(6-13-10)15(17)18)11(16)14-5-7-2-1-3-21(7,19)20/h4,6-7H,1-3,5H2,(H,14,16). The lowest BCUT2D eigenvalue weighted by Gasteiger charge is -2.11. The summed E-state index contributed by atoms with van der Waals surface area (Å²) in [6, 6.07) is 1.08. The van der Waals surface area contributed by atoms with Gasteiger partial charge < -0.3 is 5.32 Å². The molecule has 0 spiro atoms. The highest BCUT2D eigenvalue weighted by molar-refractivity contribution is 7.92. The number of hydrogen-bond donors (Lipinski definition) is 1. The number of nitrogens with one attached hydrogen (secondary N) is 1. The molecule has 1 fully saturated rings. The van der Waals surface area contributed by atoms with Crippen molar-refractivity contribution in [3.8, 4) is 0 Å². The van der Waals surface area contributed by atoms with E-state index in [-0.39, 0.29) is 23.0 Å². The van der Waals surface area contributed by atoms with Crippen LogP contribution in [0.3, 0.4) is 0 Å². The molecule has 1 amide bonds. The van der Waals surface area contributed by atoms with E-state index in [4.69, 9.17) is 11.6 Å². The molecule has 1 aliphatic rings. The fourth-order valence-electron chi connectivity index (χ4n) is 2.14. The summed E-state index contributed by atoms with van der Waals surface area (Å²) in [4.78, 5) is 25.6. The Bertz CT molecular complexity index is 691. The minimum absolute atomic E-state index is 0.0563. The number of rotatable bonds is 4. The first-order valence-electron chi connectivity index (χ1n) is 6.11. The van der Waals surface area contributed by atoms with Gasteiger partial charge in [-0.05, 0) is 18.9 Å². The lowest BCUT2D eigenvalue weighted by atomic mass is 10.2. The first kappa shape index (κ1) is 15.6. The van der Waals surface area contributed by atoms with Gasteiger partial charge in [0.05, 0.1) is 15.9 Å². The highest BCUT2D eigenvalue weighted by Gasteiger charge is 2.32. The highest BCUT2D eigenvalue weighted by Crippen LogP contribution is 2.22. The van der Waals surface area contributed by atoms with Gasteiger partial charge in [-0.15, -0.1) is 0 Å². The Morgan fingerprint density at radius 3 is 2.86 bits per heavy atom. The van der Waals surface area contributed by atoms with Crippen molar-refractivity contribution in [3.05, 3.63) is 33.1 Å². The molecule has 10 heteroatoms. The van der Waals surface area contributed by atoms with Gasteiger partial charge in [0.15, 0.2) is 9.84 Å². The quantitative estimate of drug-likeness (QED) is 0.497. The number of amides is 1. The Hall–Kier alpha value is -1.74. The molecule has 1 aliphatic heterocycles. The van der Waals surface area contributed by atoms with E-state index in [0.29, 0.717) is 12.8 Å². The molecular formula is C11H12ClN3O5S. The Kier molecular flexibility index (Phi) is 4.43. The van der Waals surface area contributed by atoms with E-state index in [2.05, 4.69) is 10.3 Å². The van der Waals surface area contributed by atoms with E-state index in [0.717, 1.165) is 12.3 Å². The first-order valence-corrected chi connectivity index (χ1v) is 8.20. The molecule has 0 bridgehead atoms. The van der Waals surface area contributed by atoms with Crippen molar-refractivity contribution in [2.24, 2.45) is 0 Å². The molecule has 0 radical (unpaired) electrons. The molecule has 21 heavy (non-hydrogen) atoms. The third-order valence-corrected chi connectivity index (χ3v) is 5.73. The summed E-state index contributed by atoms with van der Waals surface area (Å²) in [5.74, 6) is -0.637. The zero-order valence-electron chi connectivity index (χ0n) is 10.8. The van der Waals surface area contributed by atoms with Crippen LogP contribution >= 0.6 is 11.6 Å². The van der Waals surface area contributed by atoms with Crippen LogP contribution in [0, 0.1) is 10.1 Å². The van der Waals surface area contributed by atoms with Crippen molar-refractivity contribution in [3.63, 3.8) is 0 Å². The summed E-state index contributed by atoms with van der Waals surface area (Å²) in [7, 11) is -3.19. The summed E-state index contributed by atoms with van der Waals surface area (Å²) in [6.07, 6.45) is 1.93. The van der Waals surface area contributed by atoms with Gasteiger partial charge in [0.25, 0.3) is 11.6 Å². The summed E-state index contributed by atoms with van der Waals surface area (Å²) in [6.45, 7) is -0.0712. The third kappa shape index (κ3) is 3.48. The first-order chi connectivity index (χ1) is 9.81. The summed E-state index contributed by atoms with van der Waals surface area (Å²) < 4.78 is 23.3. The van der Waals surface area contributed by atoms with E-state index < -0.39 is 31.6 Å². The second-order valence-electron chi connectivity index (χ2n) is 4.62. The van der Waals surface area contributed by atoms with Gasteiger partial charge in [0.2, 0.25) is 0 Å².